The zero-order chi connectivity index (χ0) is 21.3. The van der Waals surface area contributed by atoms with Crippen LogP contribution in [0, 0.1) is 0 Å². The Balaban J connectivity index is 1.66. The Morgan fingerprint density at radius 1 is 1.10 bits per heavy atom. The number of amides is 2. The molecule has 0 heterocycles. The monoisotopic (exact) mass is 428 g/mol. The Kier molecular flexibility index (Phi) is 8.14. The molecule has 1 fully saturated rings. The quantitative estimate of drug-likeness (QED) is 0.650. The van der Waals surface area contributed by atoms with Crippen LogP contribution in [0.5, 0.6) is 5.75 Å². The molecule has 0 bridgehead atoms. The summed E-state index contributed by atoms with van der Waals surface area (Å²) in [5.74, 6) is 0.111. The van der Waals surface area contributed by atoms with E-state index < -0.39 is 6.04 Å². The van der Waals surface area contributed by atoms with Crippen LogP contribution in [-0.4, -0.2) is 41.9 Å². The van der Waals surface area contributed by atoms with Crippen LogP contribution in [0.15, 0.2) is 54.6 Å². The topological polar surface area (TPSA) is 58.6 Å². The summed E-state index contributed by atoms with van der Waals surface area (Å²) in [4.78, 5) is 27.4. The van der Waals surface area contributed by atoms with Gasteiger partial charge in [0, 0.05) is 12.6 Å². The summed E-state index contributed by atoms with van der Waals surface area (Å²) in [5.41, 5.74) is 1.12. The lowest BCUT2D eigenvalue weighted by Gasteiger charge is -2.29. The number of nitrogens with zero attached hydrogens (tertiary/aromatic N) is 1. The van der Waals surface area contributed by atoms with E-state index in [1.165, 1.54) is 0 Å². The Morgan fingerprint density at radius 2 is 1.77 bits per heavy atom. The standard InChI is InChI=1S/C24H29ClN2O3/c1-18(24(29)26-20-11-5-6-12-20)27(16-15-19-9-3-2-4-10-19)23(28)17-30-22-14-8-7-13-21(22)25/h2-4,7-10,13-14,18,20H,5-6,11-12,15-17H2,1H3,(H,26,29)/t18-/m1/s1. The van der Waals surface area contributed by atoms with Gasteiger partial charge in [0.05, 0.1) is 5.02 Å². The second kappa shape index (κ2) is 11.0. The van der Waals surface area contributed by atoms with Crippen molar-refractivity contribution < 1.29 is 14.3 Å². The van der Waals surface area contributed by atoms with E-state index in [1.54, 1.807) is 36.1 Å². The van der Waals surface area contributed by atoms with Crippen molar-refractivity contribution in [1.82, 2.24) is 10.2 Å². The predicted octanol–water partition coefficient (Wildman–Crippen LogP) is 4.24. The van der Waals surface area contributed by atoms with E-state index in [0.29, 0.717) is 23.7 Å². The molecular weight excluding hydrogens is 400 g/mol. The predicted molar refractivity (Wildman–Crippen MR) is 119 cm³/mol. The molecule has 0 aliphatic heterocycles. The van der Waals surface area contributed by atoms with Gasteiger partial charge in [0.15, 0.2) is 6.61 Å². The summed E-state index contributed by atoms with van der Waals surface area (Å²) in [6, 6.07) is 16.6. The molecule has 30 heavy (non-hydrogen) atoms. The van der Waals surface area contributed by atoms with Crippen LogP contribution in [0.2, 0.25) is 5.02 Å². The van der Waals surface area contributed by atoms with Gasteiger partial charge in [0.25, 0.3) is 5.91 Å². The highest BCUT2D eigenvalue weighted by Gasteiger charge is 2.28. The number of carbonyl (C=O) groups is 2. The molecule has 6 heteroatoms. The zero-order valence-electron chi connectivity index (χ0n) is 17.4. The highest BCUT2D eigenvalue weighted by molar-refractivity contribution is 6.32. The van der Waals surface area contributed by atoms with Crippen molar-refractivity contribution in [3.63, 3.8) is 0 Å². The van der Waals surface area contributed by atoms with E-state index in [1.807, 2.05) is 30.3 Å². The van der Waals surface area contributed by atoms with Crippen molar-refractivity contribution in [2.45, 2.75) is 51.1 Å². The number of para-hydroxylation sites is 1. The molecule has 1 aliphatic carbocycles. The average Bonchev–Trinajstić information content (AvgIpc) is 3.27. The molecule has 160 valence electrons. The minimum Gasteiger partial charge on any atom is -0.482 e. The van der Waals surface area contributed by atoms with E-state index >= 15 is 0 Å². The largest absolute Gasteiger partial charge is 0.482 e. The van der Waals surface area contributed by atoms with Crippen LogP contribution in [-0.2, 0) is 16.0 Å². The molecule has 1 saturated carbocycles. The normalized spacial score (nSPS) is 14.9. The van der Waals surface area contributed by atoms with E-state index in [2.05, 4.69) is 5.32 Å². The number of hydrogen-bond acceptors (Lipinski definition) is 3. The minimum absolute atomic E-state index is 0.110. The second-order valence-corrected chi connectivity index (χ2v) is 8.11. The Morgan fingerprint density at radius 3 is 2.47 bits per heavy atom. The number of nitrogens with one attached hydrogen (secondary N) is 1. The number of halogens is 1. The SMILES string of the molecule is C[C@H](C(=O)NC1CCCC1)N(CCc1ccccc1)C(=O)COc1ccccc1Cl. The number of carbonyl (C=O) groups excluding carboxylic acids is 2. The molecule has 0 saturated heterocycles. The van der Waals surface area contributed by atoms with E-state index in [0.717, 1.165) is 31.2 Å². The van der Waals surface area contributed by atoms with Gasteiger partial charge in [-0.3, -0.25) is 9.59 Å². The molecule has 0 aromatic heterocycles. The van der Waals surface area contributed by atoms with Crippen LogP contribution in [0.25, 0.3) is 0 Å². The van der Waals surface area contributed by atoms with Gasteiger partial charge >= 0.3 is 0 Å². The van der Waals surface area contributed by atoms with Crippen molar-refractivity contribution in [2.75, 3.05) is 13.2 Å². The smallest absolute Gasteiger partial charge is 0.261 e. The first-order valence-electron chi connectivity index (χ1n) is 10.6. The van der Waals surface area contributed by atoms with E-state index in [-0.39, 0.29) is 24.5 Å². The molecule has 3 rings (SSSR count). The number of hydrogen-bond donors (Lipinski definition) is 1. The summed E-state index contributed by atoms with van der Waals surface area (Å²) in [6.07, 6.45) is 4.96. The van der Waals surface area contributed by atoms with Crippen LogP contribution in [0.1, 0.15) is 38.2 Å². The van der Waals surface area contributed by atoms with Gasteiger partial charge in [0.2, 0.25) is 5.91 Å². The molecule has 0 radical (unpaired) electrons. The Bertz CT molecular complexity index is 837. The van der Waals surface area contributed by atoms with Crippen LogP contribution in [0.4, 0.5) is 0 Å². The van der Waals surface area contributed by atoms with Gasteiger partial charge in [-0.15, -0.1) is 0 Å². The van der Waals surface area contributed by atoms with E-state index in [4.69, 9.17) is 16.3 Å². The molecular formula is C24H29ClN2O3. The minimum atomic E-state index is -0.573. The van der Waals surface area contributed by atoms with Crippen molar-refractivity contribution in [2.24, 2.45) is 0 Å². The van der Waals surface area contributed by atoms with Crippen LogP contribution >= 0.6 is 11.6 Å². The van der Waals surface area contributed by atoms with Gasteiger partial charge in [-0.2, -0.15) is 0 Å². The average molecular weight is 429 g/mol. The summed E-state index contributed by atoms with van der Waals surface area (Å²) < 4.78 is 5.64. The molecule has 1 atom stereocenters. The number of ether oxygens (including phenoxy) is 1. The summed E-state index contributed by atoms with van der Waals surface area (Å²) in [5, 5.41) is 3.55. The van der Waals surface area contributed by atoms with Crippen LogP contribution < -0.4 is 10.1 Å². The third-order valence-electron chi connectivity index (χ3n) is 5.54. The molecule has 1 aliphatic rings. The zero-order valence-corrected chi connectivity index (χ0v) is 18.1. The maximum absolute atomic E-state index is 13.0. The molecule has 0 unspecified atom stereocenters. The van der Waals surface area contributed by atoms with Gasteiger partial charge in [-0.25, -0.2) is 0 Å². The molecule has 2 aromatic carbocycles. The summed E-state index contributed by atoms with van der Waals surface area (Å²) in [7, 11) is 0. The fraction of sp³-hybridized carbons (Fsp3) is 0.417. The Hall–Kier alpha value is -2.53. The van der Waals surface area contributed by atoms with Gasteiger partial charge in [-0.1, -0.05) is 66.9 Å². The molecule has 2 amide bonds. The highest BCUT2D eigenvalue weighted by atomic mass is 35.5. The van der Waals surface area contributed by atoms with Crippen molar-refractivity contribution in [3.05, 3.63) is 65.2 Å². The van der Waals surface area contributed by atoms with Gasteiger partial charge < -0.3 is 15.0 Å². The third-order valence-corrected chi connectivity index (χ3v) is 5.85. The summed E-state index contributed by atoms with van der Waals surface area (Å²) in [6.45, 7) is 2.05. The molecule has 2 aromatic rings. The van der Waals surface area contributed by atoms with Gasteiger partial charge in [0.1, 0.15) is 11.8 Å². The van der Waals surface area contributed by atoms with Crippen molar-refractivity contribution >= 4 is 23.4 Å². The first-order valence-corrected chi connectivity index (χ1v) is 10.9. The molecule has 1 N–H and O–H groups in total. The van der Waals surface area contributed by atoms with Gasteiger partial charge in [-0.05, 0) is 43.9 Å². The van der Waals surface area contributed by atoms with E-state index in [9.17, 15) is 9.59 Å². The van der Waals surface area contributed by atoms with Crippen LogP contribution in [0.3, 0.4) is 0 Å². The lowest BCUT2D eigenvalue weighted by Crippen LogP contribution is -2.51. The fourth-order valence-electron chi connectivity index (χ4n) is 3.75. The molecule has 0 spiro atoms. The highest BCUT2D eigenvalue weighted by Crippen LogP contribution is 2.23. The summed E-state index contributed by atoms with van der Waals surface area (Å²) >= 11 is 6.12. The third kappa shape index (κ3) is 6.23. The first kappa shape index (κ1) is 22.2. The second-order valence-electron chi connectivity index (χ2n) is 7.71. The maximum atomic E-state index is 13.0. The fourth-order valence-corrected chi connectivity index (χ4v) is 3.94. The van der Waals surface area contributed by atoms with Crippen molar-refractivity contribution in [3.8, 4) is 5.75 Å². The maximum Gasteiger partial charge on any atom is 0.261 e. The lowest BCUT2D eigenvalue weighted by molar-refractivity contribution is -0.141. The molecule has 5 nitrogen and oxygen atoms in total. The number of rotatable bonds is 9. The first-order chi connectivity index (χ1) is 14.5. The lowest BCUT2D eigenvalue weighted by atomic mass is 10.1. The Labute approximate surface area is 183 Å². The number of benzene rings is 2. The van der Waals surface area contributed by atoms with Crippen molar-refractivity contribution in [1.29, 1.82) is 0 Å².